The van der Waals surface area contributed by atoms with Crippen LogP contribution in [-0.2, 0) is 6.42 Å². The molecule has 1 aromatic carbocycles. The minimum absolute atomic E-state index is 0.669. The third-order valence-electron chi connectivity index (χ3n) is 3.04. The lowest BCUT2D eigenvalue weighted by Crippen LogP contribution is -2.03. The molecular weight excluding hydrogens is 234 g/mol. The Kier molecular flexibility index (Phi) is 4.50. The van der Waals surface area contributed by atoms with Crippen molar-refractivity contribution in [1.29, 1.82) is 0 Å². The van der Waals surface area contributed by atoms with Crippen molar-refractivity contribution in [2.24, 2.45) is 5.92 Å². The Labute approximate surface area is 115 Å². The van der Waals surface area contributed by atoms with Crippen molar-refractivity contribution in [3.63, 3.8) is 0 Å². The topological polar surface area (TPSA) is 37.8 Å². The predicted molar refractivity (Wildman–Crippen MR) is 80.2 cm³/mol. The Morgan fingerprint density at radius 2 is 1.84 bits per heavy atom. The van der Waals surface area contributed by atoms with Gasteiger partial charge in [0, 0.05) is 25.1 Å². The van der Waals surface area contributed by atoms with Crippen LogP contribution < -0.4 is 5.32 Å². The van der Waals surface area contributed by atoms with Gasteiger partial charge in [-0.3, -0.25) is 0 Å². The zero-order valence-corrected chi connectivity index (χ0v) is 11.9. The zero-order chi connectivity index (χ0) is 13.7. The van der Waals surface area contributed by atoms with Crippen LogP contribution in [0.15, 0.2) is 36.4 Å². The van der Waals surface area contributed by atoms with Crippen molar-refractivity contribution < 1.29 is 0 Å². The Hall–Kier alpha value is -1.90. The van der Waals surface area contributed by atoms with Crippen molar-refractivity contribution in [3.05, 3.63) is 42.2 Å². The van der Waals surface area contributed by atoms with E-state index in [1.807, 2.05) is 31.3 Å². The summed E-state index contributed by atoms with van der Waals surface area (Å²) in [6.45, 7) is 4.44. The normalized spacial score (nSPS) is 10.7. The van der Waals surface area contributed by atoms with Crippen LogP contribution >= 0.6 is 0 Å². The Morgan fingerprint density at radius 1 is 1.11 bits per heavy atom. The molecule has 1 aromatic heterocycles. The van der Waals surface area contributed by atoms with E-state index in [0.717, 1.165) is 35.7 Å². The SMILES string of the molecule is CNc1cc(-c2ccccc2)nc(CCC(C)C)n1. The fraction of sp³-hybridized carbons (Fsp3) is 0.375. The molecule has 0 amide bonds. The first kappa shape index (κ1) is 13.5. The van der Waals surface area contributed by atoms with Crippen LogP contribution in [-0.4, -0.2) is 17.0 Å². The molecule has 0 aliphatic carbocycles. The van der Waals surface area contributed by atoms with Crippen LogP contribution in [0.5, 0.6) is 0 Å². The number of anilines is 1. The van der Waals surface area contributed by atoms with Gasteiger partial charge in [0.25, 0.3) is 0 Å². The van der Waals surface area contributed by atoms with E-state index in [9.17, 15) is 0 Å². The fourth-order valence-electron chi connectivity index (χ4n) is 1.91. The molecule has 0 saturated heterocycles. The molecule has 2 rings (SSSR count). The van der Waals surface area contributed by atoms with Crippen molar-refractivity contribution in [1.82, 2.24) is 9.97 Å². The van der Waals surface area contributed by atoms with Gasteiger partial charge in [-0.25, -0.2) is 9.97 Å². The van der Waals surface area contributed by atoms with Gasteiger partial charge in [-0.2, -0.15) is 0 Å². The van der Waals surface area contributed by atoms with Gasteiger partial charge >= 0.3 is 0 Å². The Balaban J connectivity index is 2.31. The maximum atomic E-state index is 4.67. The third kappa shape index (κ3) is 3.78. The minimum atomic E-state index is 0.669. The molecule has 1 N–H and O–H groups in total. The average molecular weight is 255 g/mol. The highest BCUT2D eigenvalue weighted by molar-refractivity contribution is 5.62. The number of rotatable bonds is 5. The lowest BCUT2D eigenvalue weighted by molar-refractivity contribution is 0.575. The van der Waals surface area contributed by atoms with Crippen LogP contribution in [0.2, 0.25) is 0 Å². The Morgan fingerprint density at radius 3 is 2.47 bits per heavy atom. The summed E-state index contributed by atoms with van der Waals surface area (Å²) in [5, 5.41) is 3.11. The van der Waals surface area contributed by atoms with E-state index in [4.69, 9.17) is 0 Å². The highest BCUT2D eigenvalue weighted by Gasteiger charge is 2.06. The molecule has 0 fully saturated rings. The van der Waals surface area contributed by atoms with E-state index in [1.54, 1.807) is 0 Å². The van der Waals surface area contributed by atoms with Gasteiger partial charge < -0.3 is 5.32 Å². The summed E-state index contributed by atoms with van der Waals surface area (Å²) >= 11 is 0. The smallest absolute Gasteiger partial charge is 0.131 e. The average Bonchev–Trinajstić information content (AvgIpc) is 2.45. The van der Waals surface area contributed by atoms with E-state index < -0.39 is 0 Å². The molecular formula is C16H21N3. The minimum Gasteiger partial charge on any atom is -0.373 e. The highest BCUT2D eigenvalue weighted by Crippen LogP contribution is 2.20. The predicted octanol–water partition coefficient (Wildman–Crippen LogP) is 3.77. The zero-order valence-electron chi connectivity index (χ0n) is 11.9. The van der Waals surface area contributed by atoms with Gasteiger partial charge in [0.05, 0.1) is 5.69 Å². The standard InChI is InChI=1S/C16H21N3/c1-12(2)9-10-15-18-14(11-16(17-3)19-15)13-7-5-4-6-8-13/h4-8,11-12H,9-10H2,1-3H3,(H,17,18,19). The molecule has 2 aromatic rings. The summed E-state index contributed by atoms with van der Waals surface area (Å²) in [7, 11) is 1.89. The first-order chi connectivity index (χ1) is 9.19. The van der Waals surface area contributed by atoms with E-state index in [1.165, 1.54) is 0 Å². The summed E-state index contributed by atoms with van der Waals surface area (Å²) in [5.41, 5.74) is 2.12. The number of benzene rings is 1. The summed E-state index contributed by atoms with van der Waals surface area (Å²) in [6.07, 6.45) is 2.04. The van der Waals surface area contributed by atoms with Crippen LogP contribution in [0.1, 0.15) is 26.1 Å². The van der Waals surface area contributed by atoms with Gasteiger partial charge in [0.1, 0.15) is 11.6 Å². The third-order valence-corrected chi connectivity index (χ3v) is 3.04. The quantitative estimate of drug-likeness (QED) is 0.883. The molecule has 0 atom stereocenters. The summed E-state index contributed by atoms with van der Waals surface area (Å²) in [5.74, 6) is 2.47. The van der Waals surface area contributed by atoms with Crippen LogP contribution in [0.3, 0.4) is 0 Å². The van der Waals surface area contributed by atoms with Gasteiger partial charge in [-0.15, -0.1) is 0 Å². The number of aromatic nitrogens is 2. The monoisotopic (exact) mass is 255 g/mol. The molecule has 0 unspecified atom stereocenters. The van der Waals surface area contributed by atoms with Crippen molar-refractivity contribution in [2.75, 3.05) is 12.4 Å². The first-order valence-corrected chi connectivity index (χ1v) is 6.80. The number of nitrogens with zero attached hydrogens (tertiary/aromatic N) is 2. The van der Waals surface area contributed by atoms with E-state index in [0.29, 0.717) is 5.92 Å². The van der Waals surface area contributed by atoms with Crippen molar-refractivity contribution in [2.45, 2.75) is 26.7 Å². The van der Waals surface area contributed by atoms with Crippen molar-refractivity contribution in [3.8, 4) is 11.3 Å². The number of hydrogen-bond acceptors (Lipinski definition) is 3. The number of hydrogen-bond donors (Lipinski definition) is 1. The molecule has 0 radical (unpaired) electrons. The van der Waals surface area contributed by atoms with E-state index in [-0.39, 0.29) is 0 Å². The molecule has 0 aliphatic rings. The molecule has 0 spiro atoms. The largest absolute Gasteiger partial charge is 0.373 e. The molecule has 1 heterocycles. The Bertz CT molecular complexity index is 521. The maximum Gasteiger partial charge on any atom is 0.131 e. The molecule has 100 valence electrons. The summed E-state index contributed by atoms with van der Waals surface area (Å²) in [6, 6.07) is 12.2. The second-order valence-electron chi connectivity index (χ2n) is 5.10. The van der Waals surface area contributed by atoms with Crippen molar-refractivity contribution >= 4 is 5.82 Å². The molecule has 0 bridgehead atoms. The van der Waals surface area contributed by atoms with Gasteiger partial charge in [0.2, 0.25) is 0 Å². The molecule has 0 aliphatic heterocycles. The van der Waals surface area contributed by atoms with E-state index >= 15 is 0 Å². The van der Waals surface area contributed by atoms with Crippen LogP contribution in [0, 0.1) is 5.92 Å². The first-order valence-electron chi connectivity index (χ1n) is 6.80. The van der Waals surface area contributed by atoms with Crippen LogP contribution in [0.25, 0.3) is 11.3 Å². The molecule has 0 saturated carbocycles. The fourth-order valence-corrected chi connectivity index (χ4v) is 1.91. The number of aryl methyl sites for hydroxylation is 1. The second kappa shape index (κ2) is 6.32. The summed E-state index contributed by atoms with van der Waals surface area (Å²) in [4.78, 5) is 9.20. The van der Waals surface area contributed by atoms with Gasteiger partial charge in [-0.05, 0) is 12.3 Å². The van der Waals surface area contributed by atoms with Crippen LogP contribution in [0.4, 0.5) is 5.82 Å². The van der Waals surface area contributed by atoms with E-state index in [2.05, 4.69) is 41.3 Å². The molecule has 3 heteroatoms. The van der Waals surface area contributed by atoms with Gasteiger partial charge in [0.15, 0.2) is 0 Å². The lowest BCUT2D eigenvalue weighted by Gasteiger charge is -2.09. The maximum absolute atomic E-state index is 4.67. The van der Waals surface area contributed by atoms with Gasteiger partial charge in [-0.1, -0.05) is 44.2 Å². The lowest BCUT2D eigenvalue weighted by atomic mass is 10.1. The molecule has 19 heavy (non-hydrogen) atoms. The number of nitrogens with one attached hydrogen (secondary N) is 1. The second-order valence-corrected chi connectivity index (χ2v) is 5.10. The highest BCUT2D eigenvalue weighted by atomic mass is 15.0. The molecule has 3 nitrogen and oxygen atoms in total. The summed E-state index contributed by atoms with van der Waals surface area (Å²) < 4.78 is 0.